The summed E-state index contributed by atoms with van der Waals surface area (Å²) in [5.41, 5.74) is 1.42. The van der Waals surface area contributed by atoms with Crippen LogP contribution in [0.2, 0.25) is 0 Å². The predicted molar refractivity (Wildman–Crippen MR) is 92.9 cm³/mol. The van der Waals surface area contributed by atoms with Crippen LogP contribution in [0.4, 0.5) is 21.0 Å². The van der Waals surface area contributed by atoms with Crippen LogP contribution < -0.4 is 10.2 Å². The molecule has 0 bridgehead atoms. The maximum atomic E-state index is 12.8. The number of nitrogens with one attached hydrogen (secondary N) is 1. The van der Waals surface area contributed by atoms with Crippen molar-refractivity contribution in [3.63, 3.8) is 0 Å². The maximum Gasteiger partial charge on any atom is 0.414 e. The number of carbonyl (C=O) groups excluding carboxylic acids is 2. The first-order valence-corrected chi connectivity index (χ1v) is 8.96. The lowest BCUT2D eigenvalue weighted by atomic mass is 10.2. The third-order valence-corrected chi connectivity index (χ3v) is 5.12. The molecular weight excluding hydrogens is 322 g/mol. The summed E-state index contributed by atoms with van der Waals surface area (Å²) in [5, 5.41) is 2.98. The van der Waals surface area contributed by atoms with Crippen molar-refractivity contribution in [2.75, 3.05) is 36.5 Å². The van der Waals surface area contributed by atoms with E-state index < -0.39 is 0 Å². The van der Waals surface area contributed by atoms with E-state index >= 15 is 0 Å². The zero-order valence-corrected chi connectivity index (χ0v) is 14.1. The summed E-state index contributed by atoms with van der Waals surface area (Å²) >= 11 is 0. The Bertz CT molecular complexity index is 665. The van der Waals surface area contributed by atoms with Gasteiger partial charge in [-0.05, 0) is 43.9 Å². The number of nitrogens with zero attached hydrogens (tertiary/aromatic N) is 2. The van der Waals surface area contributed by atoms with E-state index in [1.807, 2.05) is 29.2 Å². The maximum absolute atomic E-state index is 12.8. The summed E-state index contributed by atoms with van der Waals surface area (Å²) < 4.78 is 10.9. The lowest BCUT2D eigenvalue weighted by Gasteiger charge is -2.30. The molecule has 2 heterocycles. The molecule has 1 saturated carbocycles. The molecule has 2 atom stereocenters. The molecule has 3 aliphatic rings. The van der Waals surface area contributed by atoms with Crippen molar-refractivity contribution < 1.29 is 19.1 Å². The summed E-state index contributed by atoms with van der Waals surface area (Å²) in [6, 6.07) is 7.40. The van der Waals surface area contributed by atoms with Crippen molar-refractivity contribution in [1.82, 2.24) is 4.90 Å². The van der Waals surface area contributed by atoms with Crippen LogP contribution in [0.25, 0.3) is 0 Å². The average Bonchev–Trinajstić information content (AvgIpc) is 3.20. The fraction of sp³-hybridized carbons (Fsp3) is 0.556. The van der Waals surface area contributed by atoms with Gasteiger partial charge in [0, 0.05) is 24.5 Å². The largest absolute Gasteiger partial charge is 0.447 e. The number of rotatable bonds is 2. The van der Waals surface area contributed by atoms with Crippen LogP contribution in [0.15, 0.2) is 24.3 Å². The zero-order valence-electron chi connectivity index (χ0n) is 14.1. The summed E-state index contributed by atoms with van der Waals surface area (Å²) in [7, 11) is 0. The highest BCUT2D eigenvalue weighted by Gasteiger charge is 2.37. The molecule has 0 radical (unpaired) electrons. The van der Waals surface area contributed by atoms with Gasteiger partial charge in [-0.25, -0.2) is 9.59 Å². The van der Waals surface area contributed by atoms with Gasteiger partial charge in [0.15, 0.2) is 0 Å². The van der Waals surface area contributed by atoms with Crippen LogP contribution in [0.1, 0.15) is 25.7 Å². The Balaban J connectivity index is 1.47. The van der Waals surface area contributed by atoms with Crippen molar-refractivity contribution in [2.24, 2.45) is 0 Å². The van der Waals surface area contributed by atoms with Crippen molar-refractivity contribution in [1.29, 1.82) is 0 Å². The number of benzene rings is 1. The molecule has 0 spiro atoms. The number of hydrogen-bond acceptors (Lipinski definition) is 4. The fourth-order valence-electron chi connectivity index (χ4n) is 3.92. The predicted octanol–water partition coefficient (Wildman–Crippen LogP) is 2.82. The van der Waals surface area contributed by atoms with Crippen LogP contribution >= 0.6 is 0 Å². The van der Waals surface area contributed by atoms with E-state index in [1.54, 1.807) is 4.90 Å². The van der Waals surface area contributed by atoms with Crippen LogP contribution in [-0.4, -0.2) is 55.5 Å². The van der Waals surface area contributed by atoms with Gasteiger partial charge in [0.1, 0.15) is 6.61 Å². The summed E-state index contributed by atoms with van der Waals surface area (Å²) in [5.74, 6) is 0. The topological polar surface area (TPSA) is 71.1 Å². The van der Waals surface area contributed by atoms with Crippen LogP contribution in [0.5, 0.6) is 0 Å². The molecule has 1 aromatic rings. The summed E-state index contributed by atoms with van der Waals surface area (Å²) in [6.45, 7) is 2.36. The quantitative estimate of drug-likeness (QED) is 0.895. The molecular formula is C18H23N3O4. The molecule has 3 amide bonds. The van der Waals surface area contributed by atoms with Gasteiger partial charge in [-0.3, -0.25) is 4.90 Å². The standard InChI is InChI=1S/C18H23N3O4/c22-17(21-8-3-10-24-16-7-2-6-15(16)21)19-13-4-1-5-14(12-13)20-9-11-25-18(20)23/h1,4-5,12,15-16H,2-3,6-11H2,(H,19,22)/t15-,16+/m0/s1. The number of urea groups is 1. The number of fused-ring (bicyclic) bond motifs is 1. The minimum absolute atomic E-state index is 0.0939. The van der Waals surface area contributed by atoms with Crippen LogP contribution in [-0.2, 0) is 9.47 Å². The van der Waals surface area contributed by atoms with E-state index in [-0.39, 0.29) is 24.3 Å². The van der Waals surface area contributed by atoms with Crippen molar-refractivity contribution in [3.8, 4) is 0 Å². The van der Waals surface area contributed by atoms with Crippen LogP contribution in [0.3, 0.4) is 0 Å². The minimum Gasteiger partial charge on any atom is -0.447 e. The van der Waals surface area contributed by atoms with Crippen molar-refractivity contribution in [3.05, 3.63) is 24.3 Å². The monoisotopic (exact) mass is 345 g/mol. The third kappa shape index (κ3) is 3.28. The molecule has 0 unspecified atom stereocenters. The molecule has 3 fully saturated rings. The van der Waals surface area contributed by atoms with E-state index in [2.05, 4.69) is 5.32 Å². The Morgan fingerprint density at radius 1 is 1.16 bits per heavy atom. The number of hydrogen-bond donors (Lipinski definition) is 1. The van der Waals surface area contributed by atoms with Gasteiger partial charge in [-0.1, -0.05) is 6.07 Å². The molecule has 134 valence electrons. The van der Waals surface area contributed by atoms with E-state index in [0.29, 0.717) is 25.4 Å². The molecule has 2 aliphatic heterocycles. The van der Waals surface area contributed by atoms with Crippen LogP contribution in [0, 0.1) is 0 Å². The van der Waals surface area contributed by atoms with Gasteiger partial charge in [-0.15, -0.1) is 0 Å². The number of anilines is 2. The summed E-state index contributed by atoms with van der Waals surface area (Å²) in [6.07, 6.45) is 3.81. The Morgan fingerprint density at radius 3 is 2.92 bits per heavy atom. The summed E-state index contributed by atoms with van der Waals surface area (Å²) in [4.78, 5) is 28.0. The van der Waals surface area contributed by atoms with E-state index in [1.165, 1.54) is 0 Å². The molecule has 25 heavy (non-hydrogen) atoms. The van der Waals surface area contributed by atoms with E-state index in [0.717, 1.165) is 38.0 Å². The Labute approximate surface area is 146 Å². The highest BCUT2D eigenvalue weighted by atomic mass is 16.6. The second-order valence-electron chi connectivity index (χ2n) is 6.70. The molecule has 1 aromatic carbocycles. The molecule has 7 nitrogen and oxygen atoms in total. The zero-order chi connectivity index (χ0) is 17.2. The second kappa shape index (κ2) is 6.92. The molecule has 1 aliphatic carbocycles. The minimum atomic E-state index is -0.345. The molecule has 0 aromatic heterocycles. The average molecular weight is 345 g/mol. The Morgan fingerprint density at radius 2 is 2.08 bits per heavy atom. The normalized spacial score (nSPS) is 26.2. The first kappa shape index (κ1) is 16.2. The lowest BCUT2D eigenvalue weighted by Crippen LogP contribution is -2.45. The molecule has 2 saturated heterocycles. The van der Waals surface area contributed by atoms with Gasteiger partial charge in [0.05, 0.1) is 18.7 Å². The van der Waals surface area contributed by atoms with Gasteiger partial charge in [0.2, 0.25) is 0 Å². The second-order valence-corrected chi connectivity index (χ2v) is 6.70. The van der Waals surface area contributed by atoms with Crippen molar-refractivity contribution >= 4 is 23.5 Å². The van der Waals surface area contributed by atoms with Crippen molar-refractivity contribution in [2.45, 2.75) is 37.8 Å². The number of ether oxygens (including phenoxy) is 2. The van der Waals surface area contributed by atoms with Gasteiger partial charge in [-0.2, -0.15) is 0 Å². The Hall–Kier alpha value is -2.28. The Kier molecular flexibility index (Phi) is 4.48. The number of amides is 3. The first-order valence-electron chi connectivity index (χ1n) is 8.96. The number of carbonyl (C=O) groups is 2. The first-order chi connectivity index (χ1) is 12.2. The van der Waals surface area contributed by atoms with Gasteiger partial charge >= 0.3 is 12.1 Å². The van der Waals surface area contributed by atoms with Gasteiger partial charge in [0.25, 0.3) is 0 Å². The smallest absolute Gasteiger partial charge is 0.414 e. The molecule has 1 N–H and O–H groups in total. The molecule has 7 heteroatoms. The number of cyclic esters (lactones) is 1. The van der Waals surface area contributed by atoms with E-state index in [4.69, 9.17) is 9.47 Å². The lowest BCUT2D eigenvalue weighted by molar-refractivity contribution is 0.0413. The van der Waals surface area contributed by atoms with E-state index in [9.17, 15) is 9.59 Å². The fourth-order valence-corrected chi connectivity index (χ4v) is 3.92. The van der Waals surface area contributed by atoms with Gasteiger partial charge < -0.3 is 19.7 Å². The highest BCUT2D eigenvalue weighted by Crippen LogP contribution is 2.30. The third-order valence-electron chi connectivity index (χ3n) is 5.12. The molecule has 4 rings (SSSR count). The highest BCUT2D eigenvalue weighted by molar-refractivity contribution is 5.93. The SMILES string of the molecule is O=C1OCCN1c1cccc(NC(=O)N2CCCO[C@@H]3CCC[C@@H]32)c1.